The highest BCUT2D eigenvalue weighted by Gasteiger charge is 2.17. The van der Waals surface area contributed by atoms with E-state index in [0.717, 1.165) is 5.82 Å². The molecule has 3 heterocycles. The van der Waals surface area contributed by atoms with Gasteiger partial charge in [0, 0.05) is 31.7 Å². The Morgan fingerprint density at radius 3 is 2.83 bits per heavy atom. The molecule has 1 amide bonds. The first-order chi connectivity index (χ1) is 11.1. The number of anilines is 1. The van der Waals surface area contributed by atoms with Crippen molar-refractivity contribution >= 4 is 11.7 Å². The van der Waals surface area contributed by atoms with Gasteiger partial charge < -0.3 is 10.1 Å². The van der Waals surface area contributed by atoms with Gasteiger partial charge in [-0.05, 0) is 6.92 Å². The Balaban J connectivity index is 1.86. The Morgan fingerprint density at radius 1 is 1.30 bits per heavy atom. The zero-order chi connectivity index (χ0) is 16.4. The van der Waals surface area contributed by atoms with E-state index in [1.54, 1.807) is 36.3 Å². The van der Waals surface area contributed by atoms with E-state index in [2.05, 4.69) is 25.4 Å². The molecule has 0 fully saturated rings. The molecular formula is C14H15N7O2. The van der Waals surface area contributed by atoms with E-state index in [1.807, 2.05) is 6.92 Å². The van der Waals surface area contributed by atoms with Crippen molar-refractivity contribution in [2.24, 2.45) is 7.05 Å². The van der Waals surface area contributed by atoms with Gasteiger partial charge in [0.25, 0.3) is 5.91 Å². The highest BCUT2D eigenvalue weighted by molar-refractivity contribution is 6.05. The van der Waals surface area contributed by atoms with Crippen LogP contribution in [-0.2, 0) is 7.05 Å². The number of hydrogen-bond acceptors (Lipinski definition) is 6. The number of imidazole rings is 1. The van der Waals surface area contributed by atoms with Gasteiger partial charge in [-0.3, -0.25) is 14.0 Å². The predicted octanol–water partition coefficient (Wildman–Crippen LogP) is 0.965. The molecule has 0 radical (unpaired) electrons. The van der Waals surface area contributed by atoms with Crippen LogP contribution in [0.1, 0.15) is 16.2 Å². The lowest BCUT2D eigenvalue weighted by molar-refractivity contribution is 0.102. The summed E-state index contributed by atoms with van der Waals surface area (Å²) in [6.45, 7) is 1.86. The van der Waals surface area contributed by atoms with Gasteiger partial charge in [-0.2, -0.15) is 0 Å². The standard InChI is InChI=1S/C14H15N7O2/c1-9-15-4-5-21(9)12-6-11(16-8-17-12)18-13(22)10-7-20(2)19-14(10)23-3/h4-8H,1-3H3,(H,16,17,18,22). The number of amides is 1. The van der Waals surface area contributed by atoms with Crippen LogP contribution in [0, 0.1) is 6.92 Å². The molecule has 9 nitrogen and oxygen atoms in total. The van der Waals surface area contributed by atoms with Gasteiger partial charge in [0.2, 0.25) is 5.88 Å². The third-order valence-corrected chi connectivity index (χ3v) is 3.20. The normalized spacial score (nSPS) is 10.6. The molecule has 1 N–H and O–H groups in total. The van der Waals surface area contributed by atoms with Crippen LogP contribution < -0.4 is 10.1 Å². The van der Waals surface area contributed by atoms with Crippen LogP contribution in [0.2, 0.25) is 0 Å². The van der Waals surface area contributed by atoms with Crippen molar-refractivity contribution in [3.8, 4) is 11.7 Å². The van der Waals surface area contributed by atoms with Gasteiger partial charge in [-0.15, -0.1) is 5.10 Å². The van der Waals surface area contributed by atoms with Crippen molar-refractivity contribution in [3.63, 3.8) is 0 Å². The van der Waals surface area contributed by atoms with Gasteiger partial charge in [0.05, 0.1) is 7.11 Å². The van der Waals surface area contributed by atoms with Crippen molar-refractivity contribution in [1.82, 2.24) is 29.3 Å². The van der Waals surface area contributed by atoms with Gasteiger partial charge >= 0.3 is 0 Å². The van der Waals surface area contributed by atoms with Gasteiger partial charge in [-0.25, -0.2) is 15.0 Å². The average Bonchev–Trinajstić information content (AvgIpc) is 3.13. The second-order valence-corrected chi connectivity index (χ2v) is 4.79. The summed E-state index contributed by atoms with van der Waals surface area (Å²) >= 11 is 0. The first kappa shape index (κ1) is 14.7. The van der Waals surface area contributed by atoms with E-state index in [1.165, 1.54) is 18.1 Å². The first-order valence-electron chi connectivity index (χ1n) is 6.80. The second kappa shape index (κ2) is 5.87. The molecule has 3 aromatic heterocycles. The van der Waals surface area contributed by atoms with Crippen molar-refractivity contribution < 1.29 is 9.53 Å². The monoisotopic (exact) mass is 313 g/mol. The zero-order valence-electron chi connectivity index (χ0n) is 12.9. The number of carbonyl (C=O) groups excluding carboxylic acids is 1. The summed E-state index contributed by atoms with van der Waals surface area (Å²) in [5, 5.41) is 6.76. The van der Waals surface area contributed by atoms with Gasteiger partial charge in [0.15, 0.2) is 0 Å². The second-order valence-electron chi connectivity index (χ2n) is 4.79. The fraction of sp³-hybridized carbons (Fsp3) is 0.214. The Hall–Kier alpha value is -3.23. The lowest BCUT2D eigenvalue weighted by atomic mass is 10.3. The molecule has 0 aliphatic heterocycles. The first-order valence-corrected chi connectivity index (χ1v) is 6.80. The molecule has 3 rings (SSSR count). The maximum absolute atomic E-state index is 12.3. The largest absolute Gasteiger partial charge is 0.479 e. The van der Waals surface area contributed by atoms with Crippen LogP contribution in [0.15, 0.2) is 31.0 Å². The Labute approximate surface area is 132 Å². The van der Waals surface area contributed by atoms with Crippen LogP contribution in [-0.4, -0.2) is 42.3 Å². The maximum Gasteiger partial charge on any atom is 0.263 e. The lowest BCUT2D eigenvalue weighted by Gasteiger charge is -2.07. The SMILES string of the molecule is COc1nn(C)cc1C(=O)Nc1cc(-n2ccnc2C)ncn1. The number of rotatable bonds is 4. The summed E-state index contributed by atoms with van der Waals surface area (Å²) in [7, 11) is 3.17. The smallest absolute Gasteiger partial charge is 0.263 e. The Bertz CT molecular complexity index is 852. The van der Waals surface area contributed by atoms with Gasteiger partial charge in [-0.1, -0.05) is 0 Å². The number of ether oxygens (including phenoxy) is 1. The lowest BCUT2D eigenvalue weighted by Crippen LogP contribution is -2.14. The van der Waals surface area contributed by atoms with E-state index < -0.39 is 0 Å². The van der Waals surface area contributed by atoms with Crippen molar-refractivity contribution in [3.05, 3.63) is 42.4 Å². The van der Waals surface area contributed by atoms with Crippen LogP contribution in [0.3, 0.4) is 0 Å². The van der Waals surface area contributed by atoms with Gasteiger partial charge in [0.1, 0.15) is 29.4 Å². The number of nitrogens with one attached hydrogen (secondary N) is 1. The molecule has 0 saturated heterocycles. The number of carbonyl (C=O) groups is 1. The third-order valence-electron chi connectivity index (χ3n) is 3.20. The molecular weight excluding hydrogens is 298 g/mol. The zero-order valence-corrected chi connectivity index (χ0v) is 12.9. The minimum atomic E-state index is -0.359. The Kier molecular flexibility index (Phi) is 3.75. The highest BCUT2D eigenvalue weighted by Crippen LogP contribution is 2.17. The molecule has 0 aliphatic carbocycles. The van der Waals surface area contributed by atoms with Crippen LogP contribution >= 0.6 is 0 Å². The maximum atomic E-state index is 12.3. The summed E-state index contributed by atoms with van der Waals surface area (Å²) in [6.07, 6.45) is 6.42. The molecule has 0 aromatic carbocycles. The topological polar surface area (TPSA) is 99.8 Å². The van der Waals surface area contributed by atoms with Crippen LogP contribution in [0.4, 0.5) is 5.82 Å². The van der Waals surface area contributed by atoms with E-state index >= 15 is 0 Å². The number of nitrogens with zero attached hydrogens (tertiary/aromatic N) is 6. The molecule has 0 aliphatic rings. The number of aryl methyl sites for hydroxylation is 2. The van der Waals surface area contributed by atoms with Crippen molar-refractivity contribution in [2.45, 2.75) is 6.92 Å². The summed E-state index contributed by atoms with van der Waals surface area (Å²) in [4.78, 5) is 24.7. The molecule has 0 bridgehead atoms. The fourth-order valence-corrected chi connectivity index (χ4v) is 2.13. The summed E-state index contributed by atoms with van der Waals surface area (Å²) < 4.78 is 8.39. The number of methoxy groups -OCH3 is 1. The van der Waals surface area contributed by atoms with Crippen LogP contribution in [0.5, 0.6) is 5.88 Å². The predicted molar refractivity (Wildman–Crippen MR) is 81.6 cm³/mol. The quantitative estimate of drug-likeness (QED) is 0.770. The minimum Gasteiger partial charge on any atom is -0.479 e. The molecule has 0 spiro atoms. The molecule has 0 atom stereocenters. The molecule has 9 heteroatoms. The van der Waals surface area contributed by atoms with E-state index in [4.69, 9.17) is 4.74 Å². The summed E-state index contributed by atoms with van der Waals surface area (Å²) in [5.74, 6) is 1.67. The van der Waals surface area contributed by atoms with E-state index in [9.17, 15) is 4.79 Å². The molecule has 0 saturated carbocycles. The number of aromatic nitrogens is 6. The van der Waals surface area contributed by atoms with E-state index in [-0.39, 0.29) is 11.8 Å². The fourth-order valence-electron chi connectivity index (χ4n) is 2.13. The van der Waals surface area contributed by atoms with Crippen LogP contribution in [0.25, 0.3) is 5.82 Å². The highest BCUT2D eigenvalue weighted by atomic mass is 16.5. The minimum absolute atomic E-state index is 0.254. The molecule has 23 heavy (non-hydrogen) atoms. The average molecular weight is 313 g/mol. The summed E-state index contributed by atoms with van der Waals surface area (Å²) in [6, 6.07) is 1.66. The number of hydrogen-bond donors (Lipinski definition) is 1. The molecule has 3 aromatic rings. The third kappa shape index (κ3) is 2.89. The Morgan fingerprint density at radius 2 is 2.13 bits per heavy atom. The summed E-state index contributed by atoms with van der Waals surface area (Å²) in [5.41, 5.74) is 0.328. The van der Waals surface area contributed by atoms with Crippen molar-refractivity contribution in [1.29, 1.82) is 0 Å². The molecule has 118 valence electrons. The van der Waals surface area contributed by atoms with Crippen molar-refractivity contribution in [2.75, 3.05) is 12.4 Å². The van der Waals surface area contributed by atoms with E-state index in [0.29, 0.717) is 17.2 Å². The molecule has 0 unspecified atom stereocenters.